The summed E-state index contributed by atoms with van der Waals surface area (Å²) < 4.78 is 2.11. The number of aliphatic hydroxyl groups is 1. The Morgan fingerprint density at radius 1 is 1.37 bits per heavy atom. The van der Waals surface area contributed by atoms with E-state index in [-0.39, 0.29) is 12.2 Å². The fourth-order valence-electron chi connectivity index (χ4n) is 2.21. The van der Waals surface area contributed by atoms with Crippen LogP contribution in [0.25, 0.3) is 11.0 Å². The van der Waals surface area contributed by atoms with E-state index in [1.165, 1.54) is 0 Å². The minimum atomic E-state index is -0.935. The van der Waals surface area contributed by atoms with E-state index in [9.17, 15) is 4.79 Å². The van der Waals surface area contributed by atoms with Crippen LogP contribution in [-0.2, 0) is 13.0 Å². The Bertz CT molecular complexity index is 590. The fraction of sp³-hybridized carbons (Fsp3) is 0.429. The molecule has 19 heavy (non-hydrogen) atoms. The quantitative estimate of drug-likeness (QED) is 0.781. The van der Waals surface area contributed by atoms with E-state index in [2.05, 4.69) is 9.55 Å². The Balaban J connectivity index is 2.40. The van der Waals surface area contributed by atoms with Gasteiger partial charge in [-0.3, -0.25) is 0 Å². The number of hydrogen-bond donors (Lipinski definition) is 2. The highest BCUT2D eigenvalue weighted by molar-refractivity contribution is 5.92. The third-order valence-electron chi connectivity index (χ3n) is 3.18. The minimum Gasteiger partial charge on any atom is -0.478 e. The van der Waals surface area contributed by atoms with Crippen LogP contribution in [0.1, 0.15) is 35.9 Å². The van der Waals surface area contributed by atoms with Crippen molar-refractivity contribution in [3.05, 3.63) is 29.6 Å². The molecule has 5 nitrogen and oxygen atoms in total. The maximum absolute atomic E-state index is 11.0. The number of aromatic carboxylic acids is 1. The van der Waals surface area contributed by atoms with Gasteiger partial charge in [-0.1, -0.05) is 6.92 Å². The summed E-state index contributed by atoms with van der Waals surface area (Å²) in [4.78, 5) is 15.4. The van der Waals surface area contributed by atoms with Gasteiger partial charge < -0.3 is 14.8 Å². The molecule has 0 saturated heterocycles. The van der Waals surface area contributed by atoms with Crippen LogP contribution in [0.4, 0.5) is 0 Å². The summed E-state index contributed by atoms with van der Waals surface area (Å²) in [6, 6.07) is 5.03. The van der Waals surface area contributed by atoms with Gasteiger partial charge in [-0.2, -0.15) is 0 Å². The minimum absolute atomic E-state index is 0.192. The highest BCUT2D eigenvalue weighted by atomic mass is 16.4. The van der Waals surface area contributed by atoms with Crippen LogP contribution in [0.15, 0.2) is 18.2 Å². The number of unbranched alkanes of at least 4 members (excludes halogenated alkanes) is 1. The standard InChI is InChI=1S/C14H18N2O3/c1-2-13-15-11-9-10(14(18)19)5-6-12(11)16(13)7-3-4-8-17/h5-6,9,17H,2-4,7-8H2,1H3,(H,18,19). The average molecular weight is 262 g/mol. The van der Waals surface area contributed by atoms with Crippen LogP contribution >= 0.6 is 0 Å². The number of rotatable bonds is 6. The second kappa shape index (κ2) is 5.84. The van der Waals surface area contributed by atoms with Gasteiger partial charge in [0, 0.05) is 19.6 Å². The van der Waals surface area contributed by atoms with Crippen LogP contribution in [0.3, 0.4) is 0 Å². The molecular formula is C14H18N2O3. The van der Waals surface area contributed by atoms with Crippen LogP contribution in [0.2, 0.25) is 0 Å². The molecule has 5 heteroatoms. The topological polar surface area (TPSA) is 75.3 Å². The molecule has 0 amide bonds. The number of benzene rings is 1. The molecule has 102 valence electrons. The Kier molecular flexibility index (Phi) is 4.16. The Morgan fingerprint density at radius 3 is 2.79 bits per heavy atom. The van der Waals surface area contributed by atoms with E-state index in [0.717, 1.165) is 42.7 Å². The van der Waals surface area contributed by atoms with Crippen molar-refractivity contribution in [2.24, 2.45) is 0 Å². The second-order valence-electron chi connectivity index (χ2n) is 4.47. The molecule has 0 bridgehead atoms. The van der Waals surface area contributed by atoms with Gasteiger partial charge in [0.25, 0.3) is 0 Å². The number of hydrogen-bond acceptors (Lipinski definition) is 3. The van der Waals surface area contributed by atoms with Gasteiger partial charge >= 0.3 is 5.97 Å². The smallest absolute Gasteiger partial charge is 0.335 e. The summed E-state index contributed by atoms with van der Waals surface area (Å²) in [5.41, 5.74) is 1.94. The highest BCUT2D eigenvalue weighted by Gasteiger charge is 2.11. The summed E-state index contributed by atoms with van der Waals surface area (Å²) in [6.07, 6.45) is 2.45. The monoisotopic (exact) mass is 262 g/mol. The number of carboxylic acid groups (broad SMARTS) is 1. The first-order chi connectivity index (χ1) is 9.17. The van der Waals surface area contributed by atoms with E-state index in [1.54, 1.807) is 12.1 Å². The third kappa shape index (κ3) is 2.76. The summed E-state index contributed by atoms with van der Waals surface area (Å²) in [5, 5.41) is 17.8. The normalized spacial score (nSPS) is 11.1. The first kappa shape index (κ1) is 13.5. The number of nitrogens with zero attached hydrogens (tertiary/aromatic N) is 2. The van der Waals surface area contributed by atoms with E-state index in [1.807, 2.05) is 13.0 Å². The molecule has 0 fully saturated rings. The molecule has 0 aliphatic rings. The maximum Gasteiger partial charge on any atom is 0.335 e. The number of imidazole rings is 1. The average Bonchev–Trinajstić information content (AvgIpc) is 2.76. The molecule has 0 aliphatic heterocycles. The summed E-state index contributed by atoms with van der Waals surface area (Å²) in [7, 11) is 0. The van der Waals surface area contributed by atoms with E-state index in [4.69, 9.17) is 10.2 Å². The van der Waals surface area contributed by atoms with Gasteiger partial charge in [0.2, 0.25) is 0 Å². The fourth-order valence-corrected chi connectivity index (χ4v) is 2.21. The molecule has 0 unspecified atom stereocenters. The zero-order chi connectivity index (χ0) is 13.8. The zero-order valence-corrected chi connectivity index (χ0v) is 11.0. The molecule has 0 radical (unpaired) electrons. The number of aliphatic hydroxyl groups excluding tert-OH is 1. The lowest BCUT2D eigenvalue weighted by atomic mass is 10.2. The molecule has 2 rings (SSSR count). The van der Waals surface area contributed by atoms with Crippen molar-refractivity contribution in [3.63, 3.8) is 0 Å². The van der Waals surface area contributed by atoms with E-state index < -0.39 is 5.97 Å². The first-order valence-corrected chi connectivity index (χ1v) is 6.50. The molecule has 2 aromatic rings. The lowest BCUT2D eigenvalue weighted by molar-refractivity contribution is 0.0697. The molecule has 0 aliphatic carbocycles. The molecule has 0 spiro atoms. The van der Waals surface area contributed by atoms with Crippen molar-refractivity contribution in [1.82, 2.24) is 9.55 Å². The van der Waals surface area contributed by atoms with Crippen molar-refractivity contribution >= 4 is 17.0 Å². The predicted octanol–water partition coefficient (Wildman–Crippen LogP) is 2.07. The number of carboxylic acids is 1. The van der Waals surface area contributed by atoms with Gasteiger partial charge in [-0.25, -0.2) is 9.78 Å². The lowest BCUT2D eigenvalue weighted by Gasteiger charge is -2.07. The molecule has 1 heterocycles. The largest absolute Gasteiger partial charge is 0.478 e. The number of aromatic nitrogens is 2. The summed E-state index contributed by atoms with van der Waals surface area (Å²) >= 11 is 0. The van der Waals surface area contributed by atoms with E-state index in [0.29, 0.717) is 0 Å². The number of carbonyl (C=O) groups is 1. The molecule has 0 saturated carbocycles. The summed E-state index contributed by atoms with van der Waals surface area (Å²) in [6.45, 7) is 3.02. The van der Waals surface area contributed by atoms with Gasteiger partial charge in [-0.15, -0.1) is 0 Å². The van der Waals surface area contributed by atoms with Crippen LogP contribution < -0.4 is 0 Å². The van der Waals surface area contributed by atoms with Crippen LogP contribution in [-0.4, -0.2) is 32.3 Å². The Morgan fingerprint density at radius 2 is 2.16 bits per heavy atom. The molecule has 1 aromatic carbocycles. The SMILES string of the molecule is CCc1nc2cc(C(=O)O)ccc2n1CCCCO. The van der Waals surface area contributed by atoms with Crippen molar-refractivity contribution in [3.8, 4) is 0 Å². The number of fused-ring (bicyclic) bond motifs is 1. The molecule has 1 aromatic heterocycles. The Hall–Kier alpha value is -1.88. The second-order valence-corrected chi connectivity index (χ2v) is 4.47. The summed E-state index contributed by atoms with van der Waals surface area (Å²) in [5.74, 6) is 0.0188. The van der Waals surface area contributed by atoms with Gasteiger partial charge in [0.05, 0.1) is 16.6 Å². The van der Waals surface area contributed by atoms with Crippen LogP contribution in [0.5, 0.6) is 0 Å². The zero-order valence-electron chi connectivity index (χ0n) is 11.0. The van der Waals surface area contributed by atoms with E-state index >= 15 is 0 Å². The Labute approximate surface area is 111 Å². The molecule has 2 N–H and O–H groups in total. The van der Waals surface area contributed by atoms with Crippen molar-refractivity contribution in [1.29, 1.82) is 0 Å². The van der Waals surface area contributed by atoms with Crippen molar-refractivity contribution in [2.75, 3.05) is 6.61 Å². The third-order valence-corrected chi connectivity index (χ3v) is 3.18. The van der Waals surface area contributed by atoms with Crippen molar-refractivity contribution < 1.29 is 15.0 Å². The van der Waals surface area contributed by atoms with Gasteiger partial charge in [0.1, 0.15) is 5.82 Å². The lowest BCUT2D eigenvalue weighted by Crippen LogP contribution is -2.04. The highest BCUT2D eigenvalue weighted by Crippen LogP contribution is 2.19. The predicted molar refractivity (Wildman–Crippen MR) is 72.4 cm³/mol. The van der Waals surface area contributed by atoms with Crippen LogP contribution in [0, 0.1) is 0 Å². The molecule has 0 atom stereocenters. The first-order valence-electron chi connectivity index (χ1n) is 6.50. The van der Waals surface area contributed by atoms with Gasteiger partial charge in [0.15, 0.2) is 0 Å². The van der Waals surface area contributed by atoms with Gasteiger partial charge in [-0.05, 0) is 31.0 Å². The maximum atomic E-state index is 11.0. The van der Waals surface area contributed by atoms with Crippen molar-refractivity contribution in [2.45, 2.75) is 32.7 Å². The molecular weight excluding hydrogens is 244 g/mol. The number of aryl methyl sites for hydroxylation is 2.